The molecule has 0 aliphatic carbocycles. The molecule has 5 heteroatoms. The molecule has 1 amide bonds. The zero-order chi connectivity index (χ0) is 9.90. The summed E-state index contributed by atoms with van der Waals surface area (Å²) in [5.41, 5.74) is 0. The Bertz CT molecular complexity index is 197. The molecule has 0 radical (unpaired) electrons. The fourth-order valence-electron chi connectivity index (χ4n) is 1.39. The van der Waals surface area contributed by atoms with Gasteiger partial charge in [-0.1, -0.05) is 0 Å². The molecular weight excluding hydrogens is 178 g/mol. The minimum Gasteiger partial charge on any atom is -0.355 e. The maximum absolute atomic E-state index is 12.7. The zero-order valence-electron chi connectivity index (χ0n) is 7.65. The second kappa shape index (κ2) is 4.00. The highest BCUT2D eigenvalue weighted by Gasteiger charge is 2.37. The van der Waals surface area contributed by atoms with E-state index in [-0.39, 0.29) is 18.9 Å². The summed E-state index contributed by atoms with van der Waals surface area (Å²) in [6, 6.07) is 0. The quantitative estimate of drug-likeness (QED) is 0.704. The molecule has 1 fully saturated rings. The third kappa shape index (κ3) is 3.67. The van der Waals surface area contributed by atoms with Gasteiger partial charge in [0.25, 0.3) is 5.92 Å². The Hall–Kier alpha value is -0.710. The minimum absolute atomic E-state index is 0.0624. The number of halogens is 2. The molecule has 0 saturated carbocycles. The predicted molar refractivity (Wildman–Crippen MR) is 44.7 cm³/mol. The first-order chi connectivity index (χ1) is 5.99. The standard InChI is InChI=1S/C8H14F2N2O/c1-7(13)11-3-5-12-4-2-8(9,10)6-12/h2-6H2,1H3,(H,11,13). The van der Waals surface area contributed by atoms with Crippen LogP contribution in [0.15, 0.2) is 0 Å². The molecule has 0 unspecified atom stereocenters. The Balaban J connectivity index is 2.14. The SMILES string of the molecule is CC(=O)NCCN1CCC(F)(F)C1. The van der Waals surface area contributed by atoms with E-state index in [1.807, 2.05) is 0 Å². The lowest BCUT2D eigenvalue weighted by atomic mass is 10.3. The first kappa shape index (κ1) is 10.4. The van der Waals surface area contributed by atoms with E-state index < -0.39 is 5.92 Å². The van der Waals surface area contributed by atoms with Crippen molar-refractivity contribution in [1.29, 1.82) is 0 Å². The summed E-state index contributed by atoms with van der Waals surface area (Å²) < 4.78 is 25.3. The van der Waals surface area contributed by atoms with Gasteiger partial charge in [-0.3, -0.25) is 9.69 Å². The Morgan fingerprint density at radius 2 is 2.31 bits per heavy atom. The van der Waals surface area contributed by atoms with Crippen LogP contribution in [0.4, 0.5) is 8.78 Å². The van der Waals surface area contributed by atoms with E-state index in [4.69, 9.17) is 0 Å². The number of rotatable bonds is 3. The highest BCUT2D eigenvalue weighted by atomic mass is 19.3. The molecule has 0 atom stereocenters. The highest BCUT2D eigenvalue weighted by molar-refractivity contribution is 5.72. The van der Waals surface area contributed by atoms with E-state index in [0.29, 0.717) is 19.6 Å². The number of likely N-dealkylation sites (tertiary alicyclic amines) is 1. The second-order valence-corrected chi connectivity index (χ2v) is 3.37. The van der Waals surface area contributed by atoms with Gasteiger partial charge in [0, 0.05) is 33.0 Å². The fourth-order valence-corrected chi connectivity index (χ4v) is 1.39. The lowest BCUT2D eigenvalue weighted by molar-refractivity contribution is -0.119. The van der Waals surface area contributed by atoms with Crippen molar-refractivity contribution in [3.05, 3.63) is 0 Å². The van der Waals surface area contributed by atoms with Gasteiger partial charge in [0.2, 0.25) is 5.91 Å². The number of carbonyl (C=O) groups is 1. The van der Waals surface area contributed by atoms with Crippen LogP contribution in [0.2, 0.25) is 0 Å². The van der Waals surface area contributed by atoms with Crippen LogP contribution >= 0.6 is 0 Å². The van der Waals surface area contributed by atoms with Crippen molar-refractivity contribution in [2.45, 2.75) is 19.3 Å². The third-order valence-electron chi connectivity index (χ3n) is 2.05. The summed E-state index contributed by atoms with van der Waals surface area (Å²) in [5.74, 6) is -2.65. The molecule has 0 aromatic carbocycles. The number of hydrogen-bond acceptors (Lipinski definition) is 2. The van der Waals surface area contributed by atoms with Crippen molar-refractivity contribution in [3.8, 4) is 0 Å². The average molecular weight is 192 g/mol. The summed E-state index contributed by atoms with van der Waals surface area (Å²) in [4.78, 5) is 12.1. The highest BCUT2D eigenvalue weighted by Crippen LogP contribution is 2.25. The summed E-state index contributed by atoms with van der Waals surface area (Å²) >= 11 is 0. The number of hydrogen-bond donors (Lipinski definition) is 1. The lowest BCUT2D eigenvalue weighted by Crippen LogP contribution is -2.34. The van der Waals surface area contributed by atoms with Crippen molar-refractivity contribution in [2.75, 3.05) is 26.2 Å². The van der Waals surface area contributed by atoms with Crippen molar-refractivity contribution < 1.29 is 13.6 Å². The van der Waals surface area contributed by atoms with Crippen molar-refractivity contribution in [3.63, 3.8) is 0 Å². The maximum atomic E-state index is 12.7. The molecule has 1 aliphatic rings. The molecule has 0 spiro atoms. The lowest BCUT2D eigenvalue weighted by Gasteiger charge is -2.14. The third-order valence-corrected chi connectivity index (χ3v) is 2.05. The van der Waals surface area contributed by atoms with Crippen molar-refractivity contribution in [1.82, 2.24) is 10.2 Å². The van der Waals surface area contributed by atoms with E-state index in [2.05, 4.69) is 5.32 Å². The average Bonchev–Trinajstić information content (AvgIpc) is 2.29. The van der Waals surface area contributed by atoms with Gasteiger partial charge in [-0.25, -0.2) is 8.78 Å². The summed E-state index contributed by atoms with van der Waals surface area (Å²) in [7, 11) is 0. The van der Waals surface area contributed by atoms with Crippen LogP contribution in [0.1, 0.15) is 13.3 Å². The first-order valence-corrected chi connectivity index (χ1v) is 4.34. The molecule has 76 valence electrons. The molecule has 13 heavy (non-hydrogen) atoms. The molecule has 1 aliphatic heterocycles. The normalized spacial score (nSPS) is 21.8. The van der Waals surface area contributed by atoms with Crippen LogP contribution in [0, 0.1) is 0 Å². The van der Waals surface area contributed by atoms with Gasteiger partial charge in [-0.05, 0) is 0 Å². The van der Waals surface area contributed by atoms with Crippen LogP contribution in [-0.2, 0) is 4.79 Å². The van der Waals surface area contributed by atoms with Crippen LogP contribution < -0.4 is 5.32 Å². The van der Waals surface area contributed by atoms with E-state index in [1.54, 1.807) is 4.90 Å². The molecule has 1 N–H and O–H groups in total. The van der Waals surface area contributed by atoms with E-state index in [1.165, 1.54) is 6.92 Å². The Kier molecular flexibility index (Phi) is 3.19. The number of carbonyl (C=O) groups excluding carboxylic acids is 1. The molecule has 1 heterocycles. The van der Waals surface area contributed by atoms with Crippen molar-refractivity contribution in [2.24, 2.45) is 0 Å². The van der Waals surface area contributed by atoms with Gasteiger partial charge in [0.15, 0.2) is 0 Å². The first-order valence-electron chi connectivity index (χ1n) is 4.34. The summed E-state index contributed by atoms with van der Waals surface area (Å²) in [5, 5.41) is 2.57. The van der Waals surface area contributed by atoms with Gasteiger partial charge < -0.3 is 5.32 Å². The van der Waals surface area contributed by atoms with Crippen LogP contribution in [0.5, 0.6) is 0 Å². The molecule has 1 saturated heterocycles. The smallest absolute Gasteiger partial charge is 0.261 e. The maximum Gasteiger partial charge on any atom is 0.261 e. The van der Waals surface area contributed by atoms with Gasteiger partial charge >= 0.3 is 0 Å². The fraction of sp³-hybridized carbons (Fsp3) is 0.875. The molecular formula is C8H14F2N2O. The van der Waals surface area contributed by atoms with E-state index in [9.17, 15) is 13.6 Å². The number of nitrogens with zero attached hydrogens (tertiary/aromatic N) is 1. The molecule has 3 nitrogen and oxygen atoms in total. The van der Waals surface area contributed by atoms with Crippen molar-refractivity contribution >= 4 is 5.91 Å². The second-order valence-electron chi connectivity index (χ2n) is 3.37. The van der Waals surface area contributed by atoms with Gasteiger partial charge in [-0.2, -0.15) is 0 Å². The Morgan fingerprint density at radius 3 is 2.77 bits per heavy atom. The predicted octanol–water partition coefficient (Wildman–Crippen LogP) is 0.464. The molecule has 1 rings (SSSR count). The number of alkyl halides is 2. The molecule has 0 aromatic heterocycles. The van der Waals surface area contributed by atoms with Gasteiger partial charge in [0.1, 0.15) is 0 Å². The van der Waals surface area contributed by atoms with Gasteiger partial charge in [-0.15, -0.1) is 0 Å². The van der Waals surface area contributed by atoms with Crippen LogP contribution in [0.3, 0.4) is 0 Å². The minimum atomic E-state index is -2.53. The molecule has 0 bridgehead atoms. The molecule has 0 aromatic rings. The number of nitrogens with one attached hydrogen (secondary N) is 1. The van der Waals surface area contributed by atoms with Crippen LogP contribution in [0.25, 0.3) is 0 Å². The number of amides is 1. The largest absolute Gasteiger partial charge is 0.355 e. The monoisotopic (exact) mass is 192 g/mol. The summed E-state index contributed by atoms with van der Waals surface area (Å²) in [6.45, 7) is 2.62. The van der Waals surface area contributed by atoms with E-state index in [0.717, 1.165) is 0 Å². The summed E-state index contributed by atoms with van der Waals surface area (Å²) in [6.07, 6.45) is -0.0624. The zero-order valence-corrected chi connectivity index (χ0v) is 7.65. The topological polar surface area (TPSA) is 32.3 Å². The Labute approximate surface area is 76.1 Å². The Morgan fingerprint density at radius 1 is 1.62 bits per heavy atom. The van der Waals surface area contributed by atoms with Gasteiger partial charge in [0.05, 0.1) is 6.54 Å². The van der Waals surface area contributed by atoms with Crippen LogP contribution in [-0.4, -0.2) is 42.9 Å². The van der Waals surface area contributed by atoms with E-state index >= 15 is 0 Å².